The summed E-state index contributed by atoms with van der Waals surface area (Å²) in [4.78, 5) is 24.9. The molecule has 2 N–H and O–H groups in total. The first-order valence-electron chi connectivity index (χ1n) is 10.4. The van der Waals surface area contributed by atoms with Crippen molar-refractivity contribution >= 4 is 23.2 Å². The quantitative estimate of drug-likeness (QED) is 0.842. The Kier molecular flexibility index (Phi) is 4.02. The molecule has 4 nitrogen and oxygen atoms in total. The highest BCUT2D eigenvalue weighted by atomic mass is 16.2. The first kappa shape index (κ1) is 16.3. The van der Waals surface area contributed by atoms with Crippen LogP contribution >= 0.6 is 0 Å². The van der Waals surface area contributed by atoms with E-state index in [-0.39, 0.29) is 23.7 Å². The van der Waals surface area contributed by atoms with Gasteiger partial charge in [-0.15, -0.1) is 0 Å². The van der Waals surface area contributed by atoms with Crippen molar-refractivity contribution in [1.29, 1.82) is 0 Å². The van der Waals surface area contributed by atoms with E-state index in [0.29, 0.717) is 23.7 Å². The SMILES string of the molecule is O=C(Nc1ccc(NC(=O)C2[C@@H]3CCCC[C@@H]23)cc1)C1[C@H]2CCCC[C@H]12. The number of nitrogens with one attached hydrogen (secondary N) is 2. The summed E-state index contributed by atoms with van der Waals surface area (Å²) >= 11 is 0. The number of benzene rings is 1. The van der Waals surface area contributed by atoms with Crippen molar-refractivity contribution in [2.75, 3.05) is 10.6 Å². The second-order valence-electron chi connectivity index (χ2n) is 8.83. The molecule has 4 saturated carbocycles. The van der Waals surface area contributed by atoms with Crippen molar-refractivity contribution in [2.24, 2.45) is 35.5 Å². The van der Waals surface area contributed by atoms with Crippen molar-refractivity contribution in [3.05, 3.63) is 24.3 Å². The summed E-state index contributed by atoms with van der Waals surface area (Å²) in [5, 5.41) is 6.13. The molecule has 4 heteroatoms. The minimum Gasteiger partial charge on any atom is -0.326 e. The monoisotopic (exact) mass is 352 g/mol. The summed E-state index contributed by atoms with van der Waals surface area (Å²) in [6, 6.07) is 7.61. The van der Waals surface area contributed by atoms with Crippen LogP contribution in [0.5, 0.6) is 0 Å². The Balaban J connectivity index is 1.15. The zero-order chi connectivity index (χ0) is 17.7. The summed E-state index contributed by atoms with van der Waals surface area (Å²) in [5.41, 5.74) is 1.66. The van der Waals surface area contributed by atoms with Gasteiger partial charge in [0.05, 0.1) is 0 Å². The Bertz CT molecular complexity index is 628. The molecule has 26 heavy (non-hydrogen) atoms. The summed E-state index contributed by atoms with van der Waals surface area (Å²) < 4.78 is 0. The van der Waals surface area contributed by atoms with Crippen molar-refractivity contribution < 1.29 is 9.59 Å². The number of amides is 2. The Labute approximate surface area is 155 Å². The molecule has 0 unspecified atom stereocenters. The summed E-state index contributed by atoms with van der Waals surface area (Å²) in [7, 11) is 0. The Morgan fingerprint density at radius 3 is 1.23 bits per heavy atom. The fourth-order valence-corrected chi connectivity index (χ4v) is 5.85. The van der Waals surface area contributed by atoms with E-state index in [1.54, 1.807) is 0 Å². The smallest absolute Gasteiger partial charge is 0.228 e. The predicted molar refractivity (Wildman–Crippen MR) is 102 cm³/mol. The molecule has 4 atom stereocenters. The van der Waals surface area contributed by atoms with E-state index in [1.165, 1.54) is 51.4 Å². The van der Waals surface area contributed by atoms with Gasteiger partial charge in [0.15, 0.2) is 0 Å². The number of fused-ring (bicyclic) bond motifs is 2. The van der Waals surface area contributed by atoms with Gasteiger partial charge >= 0.3 is 0 Å². The molecule has 0 aromatic heterocycles. The van der Waals surface area contributed by atoms with Crippen LogP contribution in [-0.4, -0.2) is 11.8 Å². The van der Waals surface area contributed by atoms with Gasteiger partial charge < -0.3 is 10.6 Å². The number of anilines is 2. The van der Waals surface area contributed by atoms with Crippen molar-refractivity contribution in [2.45, 2.75) is 51.4 Å². The lowest BCUT2D eigenvalue weighted by Crippen LogP contribution is -2.16. The Morgan fingerprint density at radius 2 is 0.923 bits per heavy atom. The maximum absolute atomic E-state index is 12.5. The van der Waals surface area contributed by atoms with Crippen molar-refractivity contribution in [1.82, 2.24) is 0 Å². The third-order valence-electron chi connectivity index (χ3n) is 7.34. The van der Waals surface area contributed by atoms with E-state index in [0.717, 1.165) is 11.4 Å². The maximum atomic E-state index is 12.5. The minimum atomic E-state index is 0.181. The van der Waals surface area contributed by atoms with Crippen LogP contribution in [0, 0.1) is 35.5 Å². The third kappa shape index (κ3) is 2.93. The molecule has 2 amide bonds. The van der Waals surface area contributed by atoms with Gasteiger partial charge in [-0.05, 0) is 73.6 Å². The van der Waals surface area contributed by atoms with Gasteiger partial charge in [0.25, 0.3) is 0 Å². The average Bonchev–Trinajstić information content (AvgIpc) is 3.55. The molecular formula is C22H28N2O2. The van der Waals surface area contributed by atoms with E-state index in [1.807, 2.05) is 24.3 Å². The van der Waals surface area contributed by atoms with E-state index in [9.17, 15) is 9.59 Å². The number of rotatable bonds is 4. The summed E-state index contributed by atoms with van der Waals surface area (Å²) in [5.74, 6) is 3.34. The van der Waals surface area contributed by atoms with E-state index in [2.05, 4.69) is 10.6 Å². The second kappa shape index (κ2) is 6.40. The molecule has 4 aliphatic rings. The largest absolute Gasteiger partial charge is 0.326 e. The van der Waals surface area contributed by atoms with Crippen LogP contribution in [0.1, 0.15) is 51.4 Å². The molecule has 1 aromatic rings. The third-order valence-corrected chi connectivity index (χ3v) is 7.34. The first-order chi connectivity index (χ1) is 12.7. The second-order valence-corrected chi connectivity index (χ2v) is 8.83. The first-order valence-corrected chi connectivity index (χ1v) is 10.4. The molecular weight excluding hydrogens is 324 g/mol. The van der Waals surface area contributed by atoms with Crippen molar-refractivity contribution in [3.63, 3.8) is 0 Å². The van der Waals surface area contributed by atoms with Gasteiger partial charge in [-0.25, -0.2) is 0 Å². The van der Waals surface area contributed by atoms with Crippen LogP contribution in [0.4, 0.5) is 11.4 Å². The highest BCUT2D eigenvalue weighted by Crippen LogP contribution is 2.56. The molecule has 138 valence electrons. The number of carbonyl (C=O) groups excluding carboxylic acids is 2. The van der Waals surface area contributed by atoms with Crippen LogP contribution in [0.3, 0.4) is 0 Å². The number of carbonyl (C=O) groups is 2. The molecule has 1 aromatic carbocycles. The molecule has 5 rings (SSSR count). The van der Waals surface area contributed by atoms with Crippen LogP contribution < -0.4 is 10.6 Å². The van der Waals surface area contributed by atoms with Crippen LogP contribution in [0.15, 0.2) is 24.3 Å². The predicted octanol–water partition coefficient (Wildman–Crippen LogP) is 4.44. The molecule has 0 saturated heterocycles. The average molecular weight is 352 g/mol. The normalized spacial score (nSPS) is 37.1. The number of hydrogen-bond donors (Lipinski definition) is 2. The van der Waals surface area contributed by atoms with Crippen LogP contribution in [-0.2, 0) is 9.59 Å². The highest BCUT2D eigenvalue weighted by molar-refractivity contribution is 5.96. The number of hydrogen-bond acceptors (Lipinski definition) is 2. The summed E-state index contributed by atoms with van der Waals surface area (Å²) in [6.45, 7) is 0. The van der Waals surface area contributed by atoms with Gasteiger partial charge in [0.2, 0.25) is 11.8 Å². The zero-order valence-corrected chi connectivity index (χ0v) is 15.2. The van der Waals surface area contributed by atoms with E-state index >= 15 is 0 Å². The fourth-order valence-electron chi connectivity index (χ4n) is 5.85. The van der Waals surface area contributed by atoms with Crippen LogP contribution in [0.25, 0.3) is 0 Å². The topological polar surface area (TPSA) is 58.2 Å². The lowest BCUT2D eigenvalue weighted by molar-refractivity contribution is -0.118. The summed E-state index contributed by atoms with van der Waals surface area (Å²) in [6.07, 6.45) is 10.00. The molecule has 0 aliphatic heterocycles. The van der Waals surface area contributed by atoms with Gasteiger partial charge in [0.1, 0.15) is 0 Å². The molecule has 0 spiro atoms. The van der Waals surface area contributed by atoms with Gasteiger partial charge in [-0.2, -0.15) is 0 Å². The van der Waals surface area contributed by atoms with E-state index in [4.69, 9.17) is 0 Å². The minimum absolute atomic E-state index is 0.181. The molecule has 0 heterocycles. The Hall–Kier alpha value is -1.84. The maximum Gasteiger partial charge on any atom is 0.228 e. The van der Waals surface area contributed by atoms with Gasteiger partial charge in [-0.3, -0.25) is 9.59 Å². The fraction of sp³-hybridized carbons (Fsp3) is 0.636. The zero-order valence-electron chi connectivity index (χ0n) is 15.2. The van der Waals surface area contributed by atoms with Gasteiger partial charge in [0, 0.05) is 23.2 Å². The van der Waals surface area contributed by atoms with E-state index < -0.39 is 0 Å². The van der Waals surface area contributed by atoms with Gasteiger partial charge in [-0.1, -0.05) is 25.7 Å². The Morgan fingerprint density at radius 1 is 0.615 bits per heavy atom. The lowest BCUT2D eigenvalue weighted by atomic mass is 10.0. The molecule has 0 radical (unpaired) electrons. The molecule has 4 fully saturated rings. The molecule has 0 bridgehead atoms. The lowest BCUT2D eigenvalue weighted by Gasteiger charge is -2.08. The highest BCUT2D eigenvalue weighted by Gasteiger charge is 2.55. The molecule has 4 aliphatic carbocycles. The standard InChI is InChI=1S/C22H28N2O2/c25-21(19-15-5-1-2-6-16(15)19)23-13-9-11-14(12-10-13)24-22(26)20-17-7-3-4-8-18(17)20/h9-12,15-20H,1-8H2,(H,23,25)(H,24,26)/t15-,16-,17+,18+. The van der Waals surface area contributed by atoms with Crippen LogP contribution in [0.2, 0.25) is 0 Å². The van der Waals surface area contributed by atoms with Crippen molar-refractivity contribution in [3.8, 4) is 0 Å².